The summed E-state index contributed by atoms with van der Waals surface area (Å²) in [6.45, 7) is 0.245. The molecule has 0 atom stereocenters. The number of rotatable bonds is 8. The van der Waals surface area contributed by atoms with Crippen molar-refractivity contribution in [2.45, 2.75) is 38.3 Å². The maximum atomic E-state index is 13.1. The molecule has 168 valence electrons. The van der Waals surface area contributed by atoms with Crippen molar-refractivity contribution in [1.82, 2.24) is 25.2 Å². The van der Waals surface area contributed by atoms with Crippen LogP contribution in [0.25, 0.3) is 22.8 Å². The maximum absolute atomic E-state index is 13.1. The van der Waals surface area contributed by atoms with Crippen LogP contribution in [-0.2, 0) is 17.8 Å². The highest BCUT2D eigenvalue weighted by molar-refractivity contribution is 6.30. The van der Waals surface area contributed by atoms with Gasteiger partial charge in [0.2, 0.25) is 29.4 Å². The van der Waals surface area contributed by atoms with Gasteiger partial charge in [0.05, 0.1) is 6.54 Å². The van der Waals surface area contributed by atoms with Gasteiger partial charge in [-0.15, -0.1) is 10.2 Å². The van der Waals surface area contributed by atoms with Gasteiger partial charge in [0.25, 0.3) is 0 Å². The largest absolute Gasteiger partial charge is 0.419 e. The summed E-state index contributed by atoms with van der Waals surface area (Å²) >= 11 is 5.92. The van der Waals surface area contributed by atoms with E-state index in [4.69, 9.17) is 20.5 Å². The fourth-order valence-electron chi connectivity index (χ4n) is 3.41. The van der Waals surface area contributed by atoms with Crippen molar-refractivity contribution in [3.63, 3.8) is 0 Å². The average molecular weight is 468 g/mol. The third-order valence-corrected chi connectivity index (χ3v) is 5.55. The first kappa shape index (κ1) is 21.3. The lowest BCUT2D eigenvalue weighted by molar-refractivity contribution is -0.132. The lowest BCUT2D eigenvalue weighted by atomic mass is 10.2. The Hall–Kier alpha value is -3.59. The van der Waals surface area contributed by atoms with Crippen LogP contribution in [0.2, 0.25) is 5.02 Å². The van der Waals surface area contributed by atoms with E-state index in [1.165, 1.54) is 12.1 Å². The average Bonchev–Trinajstić information content (AvgIpc) is 3.36. The van der Waals surface area contributed by atoms with E-state index < -0.39 is 0 Å². The molecule has 5 rings (SSSR count). The topological polar surface area (TPSA) is 98.2 Å². The zero-order valence-electron chi connectivity index (χ0n) is 17.4. The molecule has 0 bridgehead atoms. The third kappa shape index (κ3) is 5.09. The molecule has 1 aliphatic carbocycles. The quantitative estimate of drug-likeness (QED) is 0.370. The first-order chi connectivity index (χ1) is 16.0. The van der Waals surface area contributed by atoms with Gasteiger partial charge in [-0.05, 0) is 61.4 Å². The molecule has 2 heterocycles. The van der Waals surface area contributed by atoms with Crippen molar-refractivity contribution in [3.05, 3.63) is 71.2 Å². The van der Waals surface area contributed by atoms with Gasteiger partial charge in [0.1, 0.15) is 5.82 Å². The molecule has 4 aromatic rings. The van der Waals surface area contributed by atoms with Crippen LogP contribution < -0.4 is 0 Å². The highest BCUT2D eigenvalue weighted by Crippen LogP contribution is 2.30. The molecule has 33 heavy (non-hydrogen) atoms. The molecule has 2 aromatic carbocycles. The van der Waals surface area contributed by atoms with Crippen LogP contribution in [0.5, 0.6) is 0 Å². The fourth-order valence-corrected chi connectivity index (χ4v) is 3.54. The molecule has 0 N–H and O–H groups in total. The van der Waals surface area contributed by atoms with E-state index in [1.54, 1.807) is 41.3 Å². The van der Waals surface area contributed by atoms with Crippen molar-refractivity contribution < 1.29 is 18.1 Å². The summed E-state index contributed by atoms with van der Waals surface area (Å²) in [5, 5.41) is 12.7. The van der Waals surface area contributed by atoms with Gasteiger partial charge >= 0.3 is 0 Å². The highest BCUT2D eigenvalue weighted by Gasteiger charge is 2.33. The Bertz CT molecular complexity index is 1250. The normalized spacial score (nSPS) is 13.3. The Kier molecular flexibility index (Phi) is 5.87. The minimum atomic E-state index is -0.338. The van der Waals surface area contributed by atoms with Crippen LogP contribution in [0, 0.1) is 5.82 Å². The molecule has 1 fully saturated rings. The monoisotopic (exact) mass is 467 g/mol. The van der Waals surface area contributed by atoms with Gasteiger partial charge in [-0.25, -0.2) is 4.39 Å². The van der Waals surface area contributed by atoms with Crippen LogP contribution in [0.1, 0.15) is 31.0 Å². The second-order valence-electron chi connectivity index (χ2n) is 7.78. The number of nitrogens with zero attached hydrogens (tertiary/aromatic N) is 5. The number of hydrogen-bond acceptors (Lipinski definition) is 7. The molecule has 8 nitrogen and oxygen atoms in total. The molecule has 0 unspecified atom stereocenters. The second-order valence-corrected chi connectivity index (χ2v) is 8.22. The summed E-state index contributed by atoms with van der Waals surface area (Å²) in [6.07, 6.45) is 2.40. The van der Waals surface area contributed by atoms with Crippen LogP contribution >= 0.6 is 11.6 Å². The Morgan fingerprint density at radius 3 is 2.48 bits per heavy atom. The number of amides is 1. The summed E-state index contributed by atoms with van der Waals surface area (Å²) in [7, 11) is 0. The summed E-state index contributed by atoms with van der Waals surface area (Å²) in [4.78, 5) is 19.0. The highest BCUT2D eigenvalue weighted by atomic mass is 35.5. The molecule has 1 aliphatic rings. The molecule has 2 aromatic heterocycles. The van der Waals surface area contributed by atoms with E-state index >= 15 is 0 Å². The van der Waals surface area contributed by atoms with Crippen LogP contribution in [0.3, 0.4) is 0 Å². The van der Waals surface area contributed by atoms with E-state index in [-0.39, 0.29) is 30.7 Å². The zero-order chi connectivity index (χ0) is 22.8. The molecular weight excluding hydrogens is 449 g/mol. The van der Waals surface area contributed by atoms with E-state index in [0.717, 1.165) is 18.4 Å². The molecule has 1 saturated carbocycles. The van der Waals surface area contributed by atoms with E-state index in [2.05, 4.69) is 20.3 Å². The van der Waals surface area contributed by atoms with Crippen LogP contribution in [0.15, 0.2) is 57.5 Å². The predicted molar refractivity (Wildman–Crippen MR) is 116 cm³/mol. The van der Waals surface area contributed by atoms with Crippen LogP contribution in [0.4, 0.5) is 4.39 Å². The summed E-state index contributed by atoms with van der Waals surface area (Å²) < 4.78 is 24.1. The van der Waals surface area contributed by atoms with Gasteiger partial charge in [0, 0.05) is 35.0 Å². The molecule has 0 saturated heterocycles. The minimum absolute atomic E-state index is 0.0507. The molecule has 0 radical (unpaired) electrons. The third-order valence-electron chi connectivity index (χ3n) is 5.29. The number of hydrogen-bond donors (Lipinski definition) is 0. The number of benzene rings is 2. The van der Waals surface area contributed by atoms with Gasteiger partial charge in [-0.2, -0.15) is 4.98 Å². The maximum Gasteiger partial charge on any atom is 0.247 e. The fraction of sp³-hybridized carbons (Fsp3) is 0.261. The predicted octanol–water partition coefficient (Wildman–Crippen LogP) is 4.70. The minimum Gasteiger partial charge on any atom is -0.419 e. The van der Waals surface area contributed by atoms with Crippen LogP contribution in [-0.4, -0.2) is 37.2 Å². The first-order valence-electron chi connectivity index (χ1n) is 10.5. The Balaban J connectivity index is 1.21. The lowest BCUT2D eigenvalue weighted by Crippen LogP contribution is -2.32. The number of carbonyl (C=O) groups excluding carboxylic acids is 1. The summed E-state index contributed by atoms with van der Waals surface area (Å²) in [6, 6.07) is 13.1. The number of halogens is 2. The molecule has 1 amide bonds. The smallest absolute Gasteiger partial charge is 0.247 e. The van der Waals surface area contributed by atoms with Crippen molar-refractivity contribution in [1.29, 1.82) is 0 Å². The Morgan fingerprint density at radius 1 is 1.03 bits per heavy atom. The first-order valence-corrected chi connectivity index (χ1v) is 10.9. The van der Waals surface area contributed by atoms with Crippen molar-refractivity contribution >= 4 is 17.5 Å². The van der Waals surface area contributed by atoms with Gasteiger partial charge in [0.15, 0.2) is 0 Å². The second kappa shape index (κ2) is 9.11. The SMILES string of the molecule is O=C(CCc1nc(-c2ccc(F)cc2)no1)N(Cc1nnc(-c2ccc(Cl)cc2)o1)C1CC1. The Morgan fingerprint density at radius 2 is 1.76 bits per heavy atom. The molecule has 0 aliphatic heterocycles. The van der Waals surface area contributed by atoms with Gasteiger partial charge in [-0.3, -0.25) is 4.79 Å². The molecule has 10 heteroatoms. The van der Waals surface area contributed by atoms with Crippen molar-refractivity contribution in [3.8, 4) is 22.8 Å². The van der Waals surface area contributed by atoms with E-state index in [1.807, 2.05) is 0 Å². The number of carbonyl (C=O) groups is 1. The van der Waals surface area contributed by atoms with Crippen molar-refractivity contribution in [2.24, 2.45) is 0 Å². The number of aromatic nitrogens is 4. The Labute approximate surface area is 193 Å². The summed E-state index contributed by atoms with van der Waals surface area (Å²) in [5.74, 6) is 1.07. The standard InChI is InChI=1S/C23H19ClFN5O3/c24-16-5-1-15(2-6-16)23-28-27-20(32-23)13-30(18-9-10-18)21(31)12-11-19-26-22(29-33-19)14-3-7-17(25)8-4-14/h1-8,18H,9-13H2. The number of aryl methyl sites for hydroxylation is 1. The van der Waals surface area contributed by atoms with Gasteiger partial charge < -0.3 is 13.8 Å². The van der Waals surface area contributed by atoms with E-state index in [0.29, 0.717) is 40.5 Å². The lowest BCUT2D eigenvalue weighted by Gasteiger charge is -2.20. The summed E-state index contributed by atoms with van der Waals surface area (Å²) in [5.41, 5.74) is 1.40. The van der Waals surface area contributed by atoms with Gasteiger partial charge in [-0.1, -0.05) is 16.8 Å². The van der Waals surface area contributed by atoms with E-state index in [9.17, 15) is 9.18 Å². The molecular formula is C23H19ClFN5O3. The van der Waals surface area contributed by atoms with Crippen molar-refractivity contribution in [2.75, 3.05) is 0 Å². The zero-order valence-corrected chi connectivity index (χ0v) is 18.2. The molecule has 0 spiro atoms.